The van der Waals surface area contributed by atoms with Crippen molar-refractivity contribution in [2.45, 2.75) is 76.6 Å². The fraction of sp³-hybridized carbons (Fsp3) is 0.708. The minimum Gasteiger partial charge on any atom is -0.459 e. The van der Waals surface area contributed by atoms with Crippen LogP contribution in [0.25, 0.3) is 0 Å². The van der Waals surface area contributed by atoms with Crippen LogP contribution in [-0.2, 0) is 25.4 Å². The lowest BCUT2D eigenvalue weighted by atomic mass is 9.75. The molecule has 1 aliphatic carbocycles. The molecule has 1 aromatic carbocycles. The van der Waals surface area contributed by atoms with E-state index >= 15 is 0 Å². The Kier molecular flexibility index (Phi) is 6.25. The third-order valence-electron chi connectivity index (χ3n) is 8.02. The normalized spacial score (nSPS) is 33.5. The highest BCUT2D eigenvalue weighted by Gasteiger charge is 2.57. The summed E-state index contributed by atoms with van der Waals surface area (Å²) in [5.74, 6) is 0.716. The van der Waals surface area contributed by atoms with Gasteiger partial charge in [0, 0.05) is 0 Å². The highest BCUT2D eigenvalue weighted by molar-refractivity contribution is 6.45. The first-order valence-corrected chi connectivity index (χ1v) is 11.7. The van der Waals surface area contributed by atoms with Gasteiger partial charge < -0.3 is 25.1 Å². The highest BCUT2D eigenvalue weighted by atomic mass is 16.7. The number of hydrogen-bond donors (Lipinski definition) is 2. The zero-order valence-electron chi connectivity index (χ0n) is 19.4. The van der Waals surface area contributed by atoms with Gasteiger partial charge in [-0.25, -0.2) is 0 Å². The van der Waals surface area contributed by atoms with Crippen molar-refractivity contribution in [3.63, 3.8) is 0 Å². The summed E-state index contributed by atoms with van der Waals surface area (Å²) in [5.41, 5.74) is 6.26. The number of ether oxygens (including phenoxy) is 1. The predicted octanol–water partition coefficient (Wildman–Crippen LogP) is 3.16. The first kappa shape index (κ1) is 22.8. The molecule has 7 heteroatoms. The number of nitrogens with two attached hydrogens (primary N) is 1. The van der Waals surface area contributed by atoms with Crippen molar-refractivity contribution in [3.05, 3.63) is 35.9 Å². The van der Waals surface area contributed by atoms with Crippen LogP contribution in [-0.4, -0.2) is 42.9 Å². The van der Waals surface area contributed by atoms with Crippen LogP contribution in [0.1, 0.15) is 52.5 Å². The summed E-state index contributed by atoms with van der Waals surface area (Å²) in [6.07, 6.45) is 3.29. The first-order chi connectivity index (χ1) is 14.6. The van der Waals surface area contributed by atoms with Gasteiger partial charge in [0.1, 0.15) is 12.1 Å². The van der Waals surface area contributed by atoms with E-state index in [9.17, 15) is 4.79 Å². The molecule has 1 aromatic rings. The molecule has 2 aliphatic heterocycles. The fourth-order valence-electron chi connectivity index (χ4n) is 5.57. The van der Waals surface area contributed by atoms with Crippen LogP contribution < -0.4 is 11.1 Å². The van der Waals surface area contributed by atoms with E-state index in [0.29, 0.717) is 18.3 Å². The lowest BCUT2D eigenvalue weighted by Gasteiger charge is -2.32. The maximum absolute atomic E-state index is 13.2. The van der Waals surface area contributed by atoms with Crippen LogP contribution in [0.4, 0.5) is 0 Å². The smallest absolute Gasteiger partial charge is 0.457 e. The Morgan fingerprint density at radius 1 is 1.16 bits per heavy atom. The van der Waals surface area contributed by atoms with Gasteiger partial charge in [-0.15, -0.1) is 0 Å². The molecule has 3 N–H and O–H groups in total. The number of benzene rings is 1. The number of fused-ring (bicyclic) bond motifs is 1. The monoisotopic (exact) mass is 428 g/mol. The molecule has 0 radical (unpaired) electrons. The minimum absolute atomic E-state index is 0.109. The Labute approximate surface area is 186 Å². The molecule has 4 atom stereocenters. The molecule has 0 amide bonds. The molecule has 0 bridgehead atoms. The molecule has 0 spiro atoms. The predicted molar refractivity (Wildman–Crippen MR) is 121 cm³/mol. The van der Waals surface area contributed by atoms with Gasteiger partial charge >= 0.3 is 13.1 Å². The molecule has 3 fully saturated rings. The summed E-state index contributed by atoms with van der Waals surface area (Å²) in [4.78, 5) is 13.2. The van der Waals surface area contributed by atoms with Crippen LogP contribution in [0.15, 0.2) is 30.3 Å². The minimum atomic E-state index is -0.915. The van der Waals surface area contributed by atoms with E-state index in [4.69, 9.17) is 19.8 Å². The molecule has 3 aliphatic rings. The Hall–Kier alpha value is -1.41. The quantitative estimate of drug-likeness (QED) is 0.513. The topological polar surface area (TPSA) is 82.8 Å². The van der Waals surface area contributed by atoms with Crippen molar-refractivity contribution < 1.29 is 18.8 Å². The van der Waals surface area contributed by atoms with Crippen LogP contribution in [0.2, 0.25) is 6.32 Å². The summed E-state index contributed by atoms with van der Waals surface area (Å²) in [5, 5.41) is 3.48. The molecule has 6 nitrogen and oxygen atoms in total. The summed E-state index contributed by atoms with van der Waals surface area (Å²) in [6.45, 7) is 10.4. The maximum atomic E-state index is 13.2. The van der Waals surface area contributed by atoms with E-state index in [1.807, 2.05) is 30.3 Å². The van der Waals surface area contributed by atoms with Crippen LogP contribution in [0, 0.1) is 17.8 Å². The molecule has 170 valence electrons. The van der Waals surface area contributed by atoms with Crippen LogP contribution in [0.5, 0.6) is 0 Å². The van der Waals surface area contributed by atoms with Gasteiger partial charge in [-0.1, -0.05) is 36.8 Å². The van der Waals surface area contributed by atoms with E-state index in [1.165, 1.54) is 0 Å². The van der Waals surface area contributed by atoms with E-state index in [1.54, 1.807) is 0 Å². The third kappa shape index (κ3) is 4.43. The number of carbonyl (C=O) groups is 1. The van der Waals surface area contributed by atoms with Crippen molar-refractivity contribution in [1.82, 2.24) is 5.32 Å². The molecule has 1 saturated carbocycles. The van der Waals surface area contributed by atoms with E-state index in [-0.39, 0.29) is 36.8 Å². The molecule has 0 unspecified atom stereocenters. The molecular formula is C24H37BN2O4. The lowest BCUT2D eigenvalue weighted by molar-refractivity contribution is -0.153. The maximum Gasteiger partial charge on any atom is 0.457 e. The fourth-order valence-corrected chi connectivity index (χ4v) is 5.57. The molecule has 31 heavy (non-hydrogen) atoms. The SMILES string of the molecule is CC1(C)OB(CCC[C@H]2[C@@H]3CNC[C@@H]3C[C@@]2(N)C(=O)OCc2ccccc2)OC1(C)C. The number of rotatable bonds is 7. The second-order valence-electron chi connectivity index (χ2n) is 10.6. The highest BCUT2D eigenvalue weighted by Crippen LogP contribution is 2.48. The third-order valence-corrected chi connectivity index (χ3v) is 8.02. The second-order valence-corrected chi connectivity index (χ2v) is 10.6. The zero-order chi connectivity index (χ0) is 22.3. The van der Waals surface area contributed by atoms with Gasteiger partial charge in [-0.3, -0.25) is 4.79 Å². The second kappa shape index (κ2) is 8.51. The summed E-state index contributed by atoms with van der Waals surface area (Å²) in [6, 6.07) is 9.78. The largest absolute Gasteiger partial charge is 0.459 e. The van der Waals surface area contributed by atoms with E-state index in [2.05, 4.69) is 33.0 Å². The Morgan fingerprint density at radius 3 is 2.52 bits per heavy atom. The van der Waals surface area contributed by atoms with Gasteiger partial charge in [0.15, 0.2) is 0 Å². The summed E-state index contributed by atoms with van der Waals surface area (Å²) < 4.78 is 18.0. The number of carbonyl (C=O) groups excluding carboxylic acids is 1. The number of hydrogen-bond acceptors (Lipinski definition) is 6. The van der Waals surface area contributed by atoms with Gasteiger partial charge in [-0.05, 0) is 83.3 Å². The van der Waals surface area contributed by atoms with Crippen molar-refractivity contribution in [2.75, 3.05) is 13.1 Å². The Bertz CT molecular complexity index is 771. The van der Waals surface area contributed by atoms with Gasteiger partial charge in [0.25, 0.3) is 0 Å². The van der Waals surface area contributed by atoms with Crippen molar-refractivity contribution >= 4 is 13.1 Å². The molecule has 4 rings (SSSR count). The summed E-state index contributed by atoms with van der Waals surface area (Å²) in [7, 11) is -0.207. The van der Waals surface area contributed by atoms with E-state index < -0.39 is 5.54 Å². The average Bonchev–Trinajstić information content (AvgIpc) is 3.32. The Balaban J connectivity index is 1.37. The first-order valence-electron chi connectivity index (χ1n) is 11.7. The van der Waals surface area contributed by atoms with Crippen molar-refractivity contribution in [3.8, 4) is 0 Å². The van der Waals surface area contributed by atoms with Crippen molar-refractivity contribution in [1.29, 1.82) is 0 Å². The molecule has 2 saturated heterocycles. The standard InChI is InChI=1S/C24H37BN2O4/c1-22(2)23(3,4)31-25(30-22)12-8-11-20-19-15-27-14-18(19)13-24(20,26)21(28)29-16-17-9-6-5-7-10-17/h5-7,9-10,18-20,27H,8,11-16,26H2,1-4H3/t18-,19+,20-,24-/m0/s1. The average molecular weight is 428 g/mol. The molecular weight excluding hydrogens is 391 g/mol. The Morgan fingerprint density at radius 2 is 1.84 bits per heavy atom. The van der Waals surface area contributed by atoms with Crippen LogP contribution >= 0.6 is 0 Å². The van der Waals surface area contributed by atoms with Gasteiger partial charge in [-0.2, -0.15) is 0 Å². The molecule has 0 aromatic heterocycles. The lowest BCUT2D eigenvalue weighted by Crippen LogP contribution is -2.53. The van der Waals surface area contributed by atoms with E-state index in [0.717, 1.165) is 37.8 Å². The zero-order valence-corrected chi connectivity index (χ0v) is 19.4. The number of esters is 1. The summed E-state index contributed by atoms with van der Waals surface area (Å²) >= 11 is 0. The number of nitrogens with one attached hydrogen (secondary N) is 1. The van der Waals surface area contributed by atoms with Crippen LogP contribution in [0.3, 0.4) is 0 Å². The molecule has 2 heterocycles. The van der Waals surface area contributed by atoms with Gasteiger partial charge in [0.2, 0.25) is 0 Å². The van der Waals surface area contributed by atoms with Gasteiger partial charge in [0.05, 0.1) is 11.2 Å². The van der Waals surface area contributed by atoms with Crippen molar-refractivity contribution in [2.24, 2.45) is 23.5 Å².